The number of hydrogen-bond acceptors (Lipinski definition) is 4. The van der Waals surface area contributed by atoms with E-state index in [1.54, 1.807) is 4.90 Å². The van der Waals surface area contributed by atoms with Crippen molar-refractivity contribution in [1.29, 1.82) is 0 Å². The predicted octanol–water partition coefficient (Wildman–Crippen LogP) is 1.91. The first-order valence-electron chi connectivity index (χ1n) is 8.55. The number of aromatic amines is 1. The van der Waals surface area contributed by atoms with Gasteiger partial charge in [0.15, 0.2) is 11.2 Å². The number of aromatic nitrogens is 4. The third-order valence-corrected chi connectivity index (χ3v) is 4.94. The summed E-state index contributed by atoms with van der Waals surface area (Å²) in [7, 11) is 0. The summed E-state index contributed by atoms with van der Waals surface area (Å²) in [5.74, 6) is -0.813. The summed E-state index contributed by atoms with van der Waals surface area (Å²) >= 11 is 0. The van der Waals surface area contributed by atoms with Crippen LogP contribution < -0.4 is 5.56 Å². The van der Waals surface area contributed by atoms with Crippen molar-refractivity contribution in [3.8, 4) is 0 Å². The Balaban J connectivity index is 1.61. The molecule has 0 saturated carbocycles. The maximum absolute atomic E-state index is 13.4. The molecule has 0 radical (unpaired) electrons. The highest BCUT2D eigenvalue weighted by atomic mass is 19.1. The van der Waals surface area contributed by atoms with E-state index < -0.39 is 11.4 Å². The summed E-state index contributed by atoms with van der Waals surface area (Å²) in [6, 6.07) is 11.9. The predicted molar refractivity (Wildman–Crippen MR) is 96.0 cm³/mol. The molecule has 2 aromatic carbocycles. The van der Waals surface area contributed by atoms with Crippen LogP contribution in [0.4, 0.5) is 4.39 Å². The van der Waals surface area contributed by atoms with Crippen LogP contribution >= 0.6 is 0 Å². The Kier molecular flexibility index (Phi) is 3.33. The number of carbonyl (C=O) groups is 1. The van der Waals surface area contributed by atoms with Gasteiger partial charge in [-0.3, -0.25) is 9.59 Å². The number of halogens is 1. The molecule has 3 heterocycles. The molecule has 7 nitrogen and oxygen atoms in total. The zero-order chi connectivity index (χ0) is 18.5. The Morgan fingerprint density at radius 2 is 1.96 bits per heavy atom. The Hall–Kier alpha value is -3.55. The van der Waals surface area contributed by atoms with Crippen molar-refractivity contribution >= 4 is 22.5 Å². The summed E-state index contributed by atoms with van der Waals surface area (Å²) < 4.78 is 14.7. The van der Waals surface area contributed by atoms with Crippen molar-refractivity contribution in [2.24, 2.45) is 0 Å². The summed E-state index contributed by atoms with van der Waals surface area (Å²) in [5, 5.41) is 7.94. The molecule has 0 unspecified atom stereocenters. The van der Waals surface area contributed by atoms with Gasteiger partial charge in [0.25, 0.3) is 11.5 Å². The summed E-state index contributed by atoms with van der Waals surface area (Å²) in [6.45, 7) is 1.01. The van der Waals surface area contributed by atoms with E-state index in [0.29, 0.717) is 24.1 Å². The fraction of sp³-hybridized carbons (Fsp3) is 0.158. The van der Waals surface area contributed by atoms with Gasteiger partial charge in [0.05, 0.1) is 11.0 Å². The van der Waals surface area contributed by atoms with E-state index in [2.05, 4.69) is 21.4 Å². The summed E-state index contributed by atoms with van der Waals surface area (Å²) in [6.07, 6.45) is 0.750. The fourth-order valence-corrected chi connectivity index (χ4v) is 3.59. The van der Waals surface area contributed by atoms with Gasteiger partial charge in [-0.15, -0.1) is 5.10 Å². The standard InChI is InChI=1S/C19H14FN5O2/c20-13-5-6-15-14(9-13)21-18(26)17-16(22-23-25(15)17)19(27)24-8-7-11-3-1-2-4-12(11)10-24/h1-6,9H,7-8,10H2,(H,21,26). The van der Waals surface area contributed by atoms with Crippen LogP contribution in [0, 0.1) is 5.82 Å². The number of fused-ring (bicyclic) bond motifs is 4. The second kappa shape index (κ2) is 5.73. The molecule has 1 aliphatic rings. The zero-order valence-corrected chi connectivity index (χ0v) is 14.1. The second-order valence-electron chi connectivity index (χ2n) is 6.56. The number of amides is 1. The molecule has 134 valence electrons. The van der Waals surface area contributed by atoms with Crippen LogP contribution in [0.25, 0.3) is 16.6 Å². The van der Waals surface area contributed by atoms with Gasteiger partial charge in [-0.05, 0) is 35.7 Å². The maximum atomic E-state index is 13.4. The minimum Gasteiger partial charge on any atom is -0.333 e. The van der Waals surface area contributed by atoms with Gasteiger partial charge in [0.1, 0.15) is 5.82 Å². The Morgan fingerprint density at radius 1 is 1.15 bits per heavy atom. The van der Waals surface area contributed by atoms with Gasteiger partial charge in [0.2, 0.25) is 0 Å². The number of nitrogens with one attached hydrogen (secondary N) is 1. The van der Waals surface area contributed by atoms with Crippen LogP contribution in [-0.4, -0.2) is 37.2 Å². The largest absolute Gasteiger partial charge is 0.333 e. The first-order chi connectivity index (χ1) is 13.1. The van der Waals surface area contributed by atoms with Gasteiger partial charge in [-0.25, -0.2) is 8.91 Å². The molecule has 0 atom stereocenters. The van der Waals surface area contributed by atoms with Crippen LogP contribution in [-0.2, 0) is 13.0 Å². The molecule has 0 aliphatic carbocycles. The Morgan fingerprint density at radius 3 is 2.81 bits per heavy atom. The number of nitrogens with zero attached hydrogens (tertiary/aromatic N) is 4. The minimum atomic E-state index is -0.529. The quantitative estimate of drug-likeness (QED) is 0.560. The highest BCUT2D eigenvalue weighted by Crippen LogP contribution is 2.21. The number of benzene rings is 2. The van der Waals surface area contributed by atoms with Crippen molar-refractivity contribution in [2.45, 2.75) is 13.0 Å². The van der Waals surface area contributed by atoms with Crippen LogP contribution in [0.5, 0.6) is 0 Å². The van der Waals surface area contributed by atoms with E-state index in [1.165, 1.54) is 28.3 Å². The molecule has 27 heavy (non-hydrogen) atoms. The molecule has 1 aliphatic heterocycles. The minimum absolute atomic E-state index is 0.00172. The van der Waals surface area contributed by atoms with E-state index in [-0.39, 0.29) is 17.1 Å². The van der Waals surface area contributed by atoms with E-state index in [0.717, 1.165) is 12.0 Å². The van der Waals surface area contributed by atoms with E-state index in [9.17, 15) is 14.0 Å². The third kappa shape index (κ3) is 2.41. The van der Waals surface area contributed by atoms with Crippen LogP contribution in [0.15, 0.2) is 47.3 Å². The molecule has 1 amide bonds. The molecule has 0 saturated heterocycles. The van der Waals surface area contributed by atoms with Crippen LogP contribution in [0.1, 0.15) is 21.6 Å². The van der Waals surface area contributed by atoms with Gasteiger partial charge in [-0.2, -0.15) is 0 Å². The fourth-order valence-electron chi connectivity index (χ4n) is 3.59. The normalized spacial score (nSPS) is 13.9. The van der Waals surface area contributed by atoms with E-state index in [4.69, 9.17) is 0 Å². The summed E-state index contributed by atoms with van der Waals surface area (Å²) in [5.41, 5.74) is 2.62. The smallest absolute Gasteiger partial charge is 0.277 e. The molecule has 5 rings (SSSR count). The first kappa shape index (κ1) is 15.7. The van der Waals surface area contributed by atoms with Crippen molar-refractivity contribution in [3.05, 3.63) is 75.5 Å². The van der Waals surface area contributed by atoms with Crippen molar-refractivity contribution < 1.29 is 9.18 Å². The van der Waals surface area contributed by atoms with Crippen LogP contribution in [0.3, 0.4) is 0 Å². The summed E-state index contributed by atoms with van der Waals surface area (Å²) in [4.78, 5) is 29.8. The first-order valence-corrected chi connectivity index (χ1v) is 8.55. The topological polar surface area (TPSA) is 83.4 Å². The highest BCUT2D eigenvalue weighted by molar-refractivity contribution is 5.99. The highest BCUT2D eigenvalue weighted by Gasteiger charge is 2.27. The lowest BCUT2D eigenvalue weighted by Gasteiger charge is -2.28. The second-order valence-corrected chi connectivity index (χ2v) is 6.56. The van der Waals surface area contributed by atoms with Crippen molar-refractivity contribution in [2.75, 3.05) is 6.54 Å². The molecule has 8 heteroatoms. The van der Waals surface area contributed by atoms with E-state index in [1.807, 2.05) is 18.2 Å². The van der Waals surface area contributed by atoms with Gasteiger partial charge < -0.3 is 9.88 Å². The van der Waals surface area contributed by atoms with Crippen molar-refractivity contribution in [3.63, 3.8) is 0 Å². The number of rotatable bonds is 1. The average Bonchev–Trinajstić information content (AvgIpc) is 3.13. The molecule has 0 spiro atoms. The molecular weight excluding hydrogens is 349 g/mol. The van der Waals surface area contributed by atoms with Crippen LogP contribution in [0.2, 0.25) is 0 Å². The molecule has 0 fully saturated rings. The Labute approximate surface area is 152 Å². The molecular formula is C19H14FN5O2. The van der Waals surface area contributed by atoms with Gasteiger partial charge >= 0.3 is 0 Å². The average molecular weight is 363 g/mol. The van der Waals surface area contributed by atoms with E-state index >= 15 is 0 Å². The number of H-pyrrole nitrogens is 1. The SMILES string of the molecule is O=C(c1nnn2c1c(=O)[nH]c1cc(F)ccc12)N1CCc2ccccc2C1. The number of hydrogen-bond donors (Lipinski definition) is 1. The van der Waals surface area contributed by atoms with Crippen molar-refractivity contribution in [1.82, 2.24) is 24.7 Å². The molecule has 0 bridgehead atoms. The lowest BCUT2D eigenvalue weighted by Crippen LogP contribution is -2.36. The lowest BCUT2D eigenvalue weighted by molar-refractivity contribution is 0.0730. The maximum Gasteiger partial charge on any atom is 0.277 e. The monoisotopic (exact) mass is 363 g/mol. The molecule has 2 aromatic heterocycles. The molecule has 4 aromatic rings. The van der Waals surface area contributed by atoms with Gasteiger partial charge in [0, 0.05) is 13.1 Å². The zero-order valence-electron chi connectivity index (χ0n) is 14.1. The van der Waals surface area contributed by atoms with Gasteiger partial charge in [-0.1, -0.05) is 29.5 Å². The molecule has 1 N–H and O–H groups in total. The Bertz CT molecular complexity index is 1280. The third-order valence-electron chi connectivity index (χ3n) is 4.94. The number of carbonyl (C=O) groups excluding carboxylic acids is 1. The lowest BCUT2D eigenvalue weighted by atomic mass is 10.00.